The average Bonchev–Trinajstić information content (AvgIpc) is 3.33. The zero-order valence-corrected chi connectivity index (χ0v) is 31.3. The molecule has 5 rings (SSSR count). The number of benzene rings is 4. The molecule has 0 saturated heterocycles. The maximum Gasteiger partial charge on any atom is 0.0506 e. The van der Waals surface area contributed by atoms with Gasteiger partial charge in [0.25, 0.3) is 0 Å². The van der Waals surface area contributed by atoms with Gasteiger partial charge in [-0.1, -0.05) is 88.2 Å². The fraction of sp³-hybridized carbons (Fsp3) is 0.250. The van der Waals surface area contributed by atoms with Gasteiger partial charge in [0, 0.05) is 39.1 Å². The summed E-state index contributed by atoms with van der Waals surface area (Å²) in [6.45, 7) is 24.3. The Hall–Kier alpha value is -3.63. The van der Waals surface area contributed by atoms with Crippen LogP contribution in [-0.2, 0) is 32.9 Å². The van der Waals surface area contributed by atoms with Crippen LogP contribution in [-0.4, -0.2) is 9.78 Å². The number of aryl methyl sites for hydroxylation is 2. The second-order valence-electron chi connectivity index (χ2n) is 11.2. The first kappa shape index (κ1) is 38.4. The molecule has 1 atom stereocenters. The van der Waals surface area contributed by atoms with E-state index >= 15 is 0 Å². The van der Waals surface area contributed by atoms with E-state index in [9.17, 15) is 0 Å². The Morgan fingerprint density at radius 2 is 0.955 bits per heavy atom. The number of para-hydroxylation sites is 1. The van der Waals surface area contributed by atoms with E-state index in [1.807, 2.05) is 103 Å². The van der Waals surface area contributed by atoms with Crippen LogP contribution in [0, 0.1) is 27.7 Å². The summed E-state index contributed by atoms with van der Waals surface area (Å²) in [5.74, 6) is 0.934. The third-order valence-electron chi connectivity index (χ3n) is 6.64. The van der Waals surface area contributed by atoms with Gasteiger partial charge in [-0.25, -0.2) is 0 Å². The van der Waals surface area contributed by atoms with Crippen molar-refractivity contribution in [2.75, 3.05) is 0 Å². The van der Waals surface area contributed by atoms with E-state index in [2.05, 4.69) is 91.8 Å². The van der Waals surface area contributed by atoms with Crippen molar-refractivity contribution in [3.8, 4) is 0 Å². The van der Waals surface area contributed by atoms with Gasteiger partial charge >= 0.3 is 0 Å². The molecule has 0 spiro atoms. The molecule has 0 amide bonds. The van der Waals surface area contributed by atoms with Gasteiger partial charge < -0.3 is 5.32 Å². The first-order chi connectivity index (χ1) is 20.5. The van der Waals surface area contributed by atoms with Gasteiger partial charge in [0.1, 0.15) is 0 Å². The quantitative estimate of drug-likeness (QED) is 0.130. The molecule has 4 heteroatoms. The Kier molecular flexibility index (Phi) is 17.8. The van der Waals surface area contributed by atoms with E-state index in [0.29, 0.717) is 11.8 Å². The third kappa shape index (κ3) is 13.8. The van der Waals surface area contributed by atoms with Crippen LogP contribution in [0.15, 0.2) is 115 Å². The molecule has 4 aromatic carbocycles. The summed E-state index contributed by atoms with van der Waals surface area (Å²) < 4.78 is 1.87. The van der Waals surface area contributed by atoms with Crippen molar-refractivity contribution in [3.05, 3.63) is 181 Å². The van der Waals surface area contributed by atoms with Crippen LogP contribution in [0.4, 0.5) is 5.69 Å². The normalized spacial score (nSPS) is 10.6. The minimum Gasteiger partial charge on any atom is -0.677 e. The van der Waals surface area contributed by atoms with E-state index in [4.69, 9.17) is 5.32 Å². The molecule has 0 aliphatic rings. The number of hydrogen-bond donors (Lipinski definition) is 0. The zero-order chi connectivity index (χ0) is 31.8. The molecule has 232 valence electrons. The number of rotatable bonds is 5. The molecule has 1 heterocycles. The van der Waals surface area contributed by atoms with Crippen LogP contribution < -0.4 is 0 Å². The number of hydrogen-bond acceptors (Lipinski definition) is 1. The largest absolute Gasteiger partial charge is 0.677 e. The third-order valence-corrected chi connectivity index (χ3v) is 6.64. The maximum atomic E-state index is 5.07. The van der Waals surface area contributed by atoms with Crippen molar-refractivity contribution in [1.29, 1.82) is 0 Å². The molecule has 1 aromatic heterocycles. The van der Waals surface area contributed by atoms with Crippen LogP contribution in [0.2, 0.25) is 0 Å². The molecule has 44 heavy (non-hydrogen) atoms. The Balaban J connectivity index is 0.000000355. The second kappa shape index (κ2) is 20.3. The van der Waals surface area contributed by atoms with Crippen molar-refractivity contribution >= 4 is 5.69 Å². The van der Waals surface area contributed by atoms with Crippen molar-refractivity contribution in [1.82, 2.24) is 9.78 Å². The molecule has 0 radical (unpaired) electrons. The summed E-state index contributed by atoms with van der Waals surface area (Å²) >= 11 is 0. The van der Waals surface area contributed by atoms with Crippen molar-refractivity contribution in [3.63, 3.8) is 0 Å². The van der Waals surface area contributed by atoms with E-state index in [1.165, 1.54) is 16.7 Å². The van der Waals surface area contributed by atoms with Crippen LogP contribution in [0.1, 0.15) is 91.6 Å². The SMILES string of the molecule is Cc1cn(C)nc1C(C)[N-]c1c(C(C)C)cccc1C(C)C.[CH2-]c1ccccc1.[CH2-]c1ccccc1.[CH2-]c1ccccc1.[Hf]. The predicted molar refractivity (Wildman–Crippen MR) is 187 cm³/mol. The van der Waals surface area contributed by atoms with E-state index in [0.717, 1.165) is 28.1 Å². The zero-order valence-electron chi connectivity index (χ0n) is 27.7. The van der Waals surface area contributed by atoms with Gasteiger partial charge in [0.15, 0.2) is 0 Å². The first-order valence-corrected chi connectivity index (χ1v) is 14.9. The molecular formula is C40H49HfN3-4. The van der Waals surface area contributed by atoms with Gasteiger partial charge in [0.2, 0.25) is 0 Å². The Labute approximate surface area is 286 Å². The van der Waals surface area contributed by atoms with Gasteiger partial charge in [-0.05, 0) is 24.3 Å². The summed E-state index contributed by atoms with van der Waals surface area (Å²) in [4.78, 5) is 0. The molecule has 1 unspecified atom stereocenters. The smallest absolute Gasteiger partial charge is 0.0506 e. The van der Waals surface area contributed by atoms with Crippen LogP contribution in [0.5, 0.6) is 0 Å². The predicted octanol–water partition coefficient (Wildman–Crippen LogP) is 11.3. The summed E-state index contributed by atoms with van der Waals surface area (Å²) in [7, 11) is 1.96. The molecule has 0 aliphatic carbocycles. The van der Waals surface area contributed by atoms with Gasteiger partial charge in [0.05, 0.1) is 5.69 Å². The van der Waals surface area contributed by atoms with E-state index < -0.39 is 0 Å². The molecular weight excluding hydrogens is 701 g/mol. The molecule has 0 saturated carbocycles. The van der Waals surface area contributed by atoms with Crippen LogP contribution in [0.25, 0.3) is 5.32 Å². The minimum absolute atomic E-state index is 0. The molecule has 3 nitrogen and oxygen atoms in total. The van der Waals surface area contributed by atoms with Gasteiger partial charge in [-0.15, -0.1) is 42.1 Å². The average molecular weight is 750 g/mol. The van der Waals surface area contributed by atoms with Crippen molar-refractivity contribution in [2.45, 2.75) is 59.4 Å². The van der Waals surface area contributed by atoms with E-state index in [1.54, 1.807) is 0 Å². The molecule has 0 bridgehead atoms. The summed E-state index contributed by atoms with van der Waals surface area (Å²) in [6.07, 6.45) is 2.05. The van der Waals surface area contributed by atoms with Crippen molar-refractivity contribution in [2.24, 2.45) is 7.05 Å². The summed E-state index contributed by atoms with van der Waals surface area (Å²) in [5, 5.41) is 9.65. The number of nitrogens with zero attached hydrogens (tertiary/aromatic N) is 3. The molecule has 0 aliphatic heterocycles. The Bertz CT molecular complexity index is 1330. The van der Waals surface area contributed by atoms with E-state index in [-0.39, 0.29) is 31.9 Å². The first-order valence-electron chi connectivity index (χ1n) is 14.9. The second-order valence-corrected chi connectivity index (χ2v) is 11.2. The van der Waals surface area contributed by atoms with Gasteiger partial charge in [-0.2, -0.15) is 79.0 Å². The standard InChI is InChI=1S/C19H28N3.3C7H7.Hf/c1-12(2)16-9-8-10-17(13(3)4)19(16)20-15(6)18-14(5)11-22(7)21-18;3*1-7-5-3-2-4-6-7;/h8-13,15H,1-7H3;3*2-6H,1H2;/q4*-1;. The topological polar surface area (TPSA) is 31.9 Å². The fourth-order valence-electron chi connectivity index (χ4n) is 4.39. The summed E-state index contributed by atoms with van der Waals surface area (Å²) in [5.41, 5.74) is 9.29. The Morgan fingerprint density at radius 3 is 1.20 bits per heavy atom. The molecule has 0 N–H and O–H groups in total. The summed E-state index contributed by atoms with van der Waals surface area (Å²) in [6, 6.07) is 36.2. The maximum absolute atomic E-state index is 5.07. The molecule has 5 aromatic rings. The number of aromatic nitrogens is 2. The van der Waals surface area contributed by atoms with Crippen molar-refractivity contribution < 1.29 is 25.8 Å². The fourth-order valence-corrected chi connectivity index (χ4v) is 4.39. The molecule has 0 fully saturated rings. The van der Waals surface area contributed by atoms with Crippen LogP contribution in [0.3, 0.4) is 0 Å². The Morgan fingerprint density at radius 1 is 0.591 bits per heavy atom. The minimum atomic E-state index is 0. The van der Waals surface area contributed by atoms with Gasteiger partial charge in [-0.3, -0.25) is 4.68 Å². The van der Waals surface area contributed by atoms with Crippen LogP contribution >= 0.6 is 0 Å². The monoisotopic (exact) mass is 751 g/mol.